The molecular weight excluding hydrogens is 344 g/mol. The van der Waals surface area contributed by atoms with E-state index >= 15 is 0 Å². The van der Waals surface area contributed by atoms with Gasteiger partial charge in [-0.3, -0.25) is 0 Å². The van der Waals surface area contributed by atoms with Crippen molar-refractivity contribution in [1.82, 2.24) is 4.98 Å². The molecule has 2 heterocycles. The first-order valence-corrected chi connectivity index (χ1v) is 8.74. The molecule has 0 aliphatic heterocycles. The third-order valence-electron chi connectivity index (χ3n) is 3.28. The number of aliphatic hydroxyl groups is 1. The number of hydrogen-bond acceptors (Lipinski definition) is 5. The van der Waals surface area contributed by atoms with Gasteiger partial charge in [0.1, 0.15) is 0 Å². The van der Waals surface area contributed by atoms with Crippen molar-refractivity contribution < 1.29 is 5.11 Å². The van der Waals surface area contributed by atoms with E-state index in [-0.39, 0.29) is 6.10 Å². The molecule has 0 aromatic carbocycles. The number of thiophene rings is 1. The summed E-state index contributed by atoms with van der Waals surface area (Å²) in [7, 11) is 2.06. The van der Waals surface area contributed by atoms with Crippen molar-refractivity contribution in [2.24, 2.45) is 0 Å². The van der Waals surface area contributed by atoms with Crippen molar-refractivity contribution in [3.8, 4) is 0 Å². The van der Waals surface area contributed by atoms with E-state index in [9.17, 15) is 5.11 Å². The van der Waals surface area contributed by atoms with E-state index in [1.807, 2.05) is 0 Å². The zero-order valence-corrected chi connectivity index (χ0v) is 13.8. The molecule has 0 saturated carbocycles. The van der Waals surface area contributed by atoms with E-state index in [0.29, 0.717) is 0 Å². The fourth-order valence-corrected chi connectivity index (χ4v) is 4.61. The third-order valence-corrected chi connectivity index (χ3v) is 6.14. The summed E-state index contributed by atoms with van der Waals surface area (Å²) >= 11 is 6.82. The van der Waals surface area contributed by atoms with Gasteiger partial charge in [0, 0.05) is 13.6 Å². The summed E-state index contributed by atoms with van der Waals surface area (Å²) in [6.45, 7) is 0.852. The number of anilines is 1. The lowest BCUT2D eigenvalue weighted by Crippen LogP contribution is -2.15. The van der Waals surface area contributed by atoms with Gasteiger partial charge in [-0.15, -0.1) is 11.3 Å². The zero-order valence-electron chi connectivity index (χ0n) is 10.6. The Morgan fingerprint density at radius 3 is 3.11 bits per heavy atom. The van der Waals surface area contributed by atoms with E-state index in [4.69, 9.17) is 0 Å². The Labute approximate surface area is 129 Å². The number of rotatable bonds is 3. The highest BCUT2D eigenvalue weighted by Crippen LogP contribution is 2.37. The molecular formula is C13H15BrN2OS2. The van der Waals surface area contributed by atoms with Gasteiger partial charge in [0.25, 0.3) is 0 Å². The van der Waals surface area contributed by atoms with Gasteiger partial charge in [0.2, 0.25) is 0 Å². The second-order valence-corrected chi connectivity index (χ2v) is 8.13. The monoisotopic (exact) mass is 358 g/mol. The first kappa shape index (κ1) is 13.5. The standard InChI is InChI=1S/C13H15BrN2OS2/c1-16(6-8-5-11(14)18-7-8)13-15-9-3-2-4-10(17)12(9)19-13/h5,7,10,17H,2-4,6H2,1H3. The molecule has 19 heavy (non-hydrogen) atoms. The minimum Gasteiger partial charge on any atom is -0.388 e. The number of aryl methyl sites for hydroxylation is 1. The van der Waals surface area contributed by atoms with Crippen LogP contribution in [0.25, 0.3) is 0 Å². The van der Waals surface area contributed by atoms with Crippen LogP contribution in [0.1, 0.15) is 35.1 Å². The minimum absolute atomic E-state index is 0.307. The lowest BCUT2D eigenvalue weighted by Gasteiger charge is -2.14. The number of hydrogen-bond donors (Lipinski definition) is 1. The van der Waals surface area contributed by atoms with Crippen molar-refractivity contribution in [2.75, 3.05) is 11.9 Å². The van der Waals surface area contributed by atoms with Crippen LogP contribution in [0.4, 0.5) is 5.13 Å². The van der Waals surface area contributed by atoms with E-state index in [1.54, 1.807) is 22.7 Å². The van der Waals surface area contributed by atoms with Gasteiger partial charge in [-0.05, 0) is 52.2 Å². The molecule has 0 bridgehead atoms. The maximum atomic E-state index is 10.00. The summed E-state index contributed by atoms with van der Waals surface area (Å²) in [6, 6.07) is 2.14. The quantitative estimate of drug-likeness (QED) is 0.901. The van der Waals surface area contributed by atoms with Crippen molar-refractivity contribution in [3.63, 3.8) is 0 Å². The molecule has 0 amide bonds. The average Bonchev–Trinajstić information content (AvgIpc) is 2.96. The first-order chi connectivity index (χ1) is 9.13. The second-order valence-electron chi connectivity index (χ2n) is 4.83. The Hall–Kier alpha value is -0.430. The number of thiazole rings is 1. The molecule has 1 atom stereocenters. The van der Waals surface area contributed by atoms with Crippen LogP contribution in [0.15, 0.2) is 15.2 Å². The van der Waals surface area contributed by atoms with Gasteiger partial charge in [0.05, 0.1) is 20.5 Å². The number of nitrogens with zero attached hydrogens (tertiary/aromatic N) is 2. The van der Waals surface area contributed by atoms with Crippen molar-refractivity contribution in [2.45, 2.75) is 31.9 Å². The average molecular weight is 359 g/mol. The van der Waals surface area contributed by atoms with Gasteiger partial charge in [-0.2, -0.15) is 0 Å². The maximum Gasteiger partial charge on any atom is 0.185 e. The maximum absolute atomic E-state index is 10.00. The fraction of sp³-hybridized carbons (Fsp3) is 0.462. The lowest BCUT2D eigenvalue weighted by molar-refractivity contribution is 0.160. The number of halogens is 1. The highest BCUT2D eigenvalue weighted by Gasteiger charge is 2.23. The van der Waals surface area contributed by atoms with Gasteiger partial charge in [-0.25, -0.2) is 4.98 Å². The summed E-state index contributed by atoms with van der Waals surface area (Å²) in [5, 5.41) is 13.2. The first-order valence-electron chi connectivity index (χ1n) is 6.25. The summed E-state index contributed by atoms with van der Waals surface area (Å²) in [5.41, 5.74) is 2.38. The fourth-order valence-electron chi connectivity index (χ4n) is 2.32. The second kappa shape index (κ2) is 5.52. The molecule has 0 saturated heterocycles. The van der Waals surface area contributed by atoms with Crippen LogP contribution in [0.5, 0.6) is 0 Å². The van der Waals surface area contributed by atoms with Crippen LogP contribution < -0.4 is 4.90 Å². The van der Waals surface area contributed by atoms with Gasteiger partial charge in [0.15, 0.2) is 5.13 Å². The Bertz CT molecular complexity index is 581. The van der Waals surface area contributed by atoms with Crippen molar-refractivity contribution in [1.29, 1.82) is 0 Å². The summed E-state index contributed by atoms with van der Waals surface area (Å²) in [5.74, 6) is 0. The molecule has 102 valence electrons. The lowest BCUT2D eigenvalue weighted by atomic mass is 10.0. The van der Waals surface area contributed by atoms with E-state index in [1.165, 1.54) is 5.56 Å². The Morgan fingerprint density at radius 1 is 1.58 bits per heavy atom. The molecule has 2 aromatic heterocycles. The topological polar surface area (TPSA) is 36.4 Å². The Balaban J connectivity index is 1.78. The summed E-state index contributed by atoms with van der Waals surface area (Å²) in [4.78, 5) is 7.91. The normalized spacial score (nSPS) is 18.4. The van der Waals surface area contributed by atoms with Gasteiger partial charge < -0.3 is 10.0 Å². The largest absolute Gasteiger partial charge is 0.388 e. The minimum atomic E-state index is -0.307. The SMILES string of the molecule is CN(Cc1csc(Br)c1)c1nc2c(s1)C(O)CCC2. The Kier molecular flexibility index (Phi) is 3.93. The molecule has 3 nitrogen and oxygen atoms in total. The van der Waals surface area contributed by atoms with Crippen LogP contribution in [0.3, 0.4) is 0 Å². The molecule has 0 spiro atoms. The van der Waals surface area contributed by atoms with Crippen LogP contribution in [-0.2, 0) is 13.0 Å². The highest BCUT2D eigenvalue weighted by atomic mass is 79.9. The van der Waals surface area contributed by atoms with E-state index < -0.39 is 0 Å². The number of fused-ring (bicyclic) bond motifs is 1. The molecule has 1 N–H and O–H groups in total. The molecule has 1 unspecified atom stereocenters. The molecule has 1 aliphatic carbocycles. The van der Waals surface area contributed by atoms with Crippen molar-refractivity contribution >= 4 is 43.7 Å². The van der Waals surface area contributed by atoms with E-state index in [2.05, 4.69) is 44.3 Å². The number of aromatic nitrogens is 1. The van der Waals surface area contributed by atoms with Crippen LogP contribution >= 0.6 is 38.6 Å². The number of aliphatic hydroxyl groups excluding tert-OH is 1. The Morgan fingerprint density at radius 2 is 2.42 bits per heavy atom. The van der Waals surface area contributed by atoms with Crippen LogP contribution in [-0.4, -0.2) is 17.1 Å². The van der Waals surface area contributed by atoms with Crippen LogP contribution in [0, 0.1) is 0 Å². The van der Waals surface area contributed by atoms with Crippen LogP contribution in [0.2, 0.25) is 0 Å². The molecule has 0 radical (unpaired) electrons. The van der Waals surface area contributed by atoms with Gasteiger partial charge in [-0.1, -0.05) is 11.3 Å². The van der Waals surface area contributed by atoms with Gasteiger partial charge >= 0.3 is 0 Å². The molecule has 1 aliphatic rings. The predicted molar refractivity (Wildman–Crippen MR) is 84.1 cm³/mol. The summed E-state index contributed by atoms with van der Waals surface area (Å²) < 4.78 is 1.16. The predicted octanol–water partition coefficient (Wildman–Crippen LogP) is 3.97. The van der Waals surface area contributed by atoms with Crippen molar-refractivity contribution in [3.05, 3.63) is 31.4 Å². The highest BCUT2D eigenvalue weighted by molar-refractivity contribution is 9.11. The third kappa shape index (κ3) is 2.86. The molecule has 6 heteroatoms. The molecule has 3 rings (SSSR count). The zero-order chi connectivity index (χ0) is 13.4. The smallest absolute Gasteiger partial charge is 0.185 e. The molecule has 0 fully saturated rings. The van der Waals surface area contributed by atoms with E-state index in [0.717, 1.165) is 45.3 Å². The summed E-state index contributed by atoms with van der Waals surface area (Å²) in [6.07, 6.45) is 2.61. The molecule has 2 aromatic rings.